The third kappa shape index (κ3) is 2.89. The Morgan fingerprint density at radius 1 is 1.21 bits per heavy atom. The Kier molecular flexibility index (Phi) is 3.76. The molecule has 2 amide bonds. The zero-order valence-electron chi connectivity index (χ0n) is 13.9. The fourth-order valence-electron chi connectivity index (χ4n) is 3.86. The van der Waals surface area contributed by atoms with Gasteiger partial charge in [-0.25, -0.2) is 9.78 Å². The summed E-state index contributed by atoms with van der Waals surface area (Å²) in [5, 5.41) is 3.00. The molecule has 0 saturated carbocycles. The molecule has 2 aliphatic rings. The minimum atomic E-state index is -0.00898. The minimum Gasteiger partial charge on any atom is -0.445 e. The van der Waals surface area contributed by atoms with Gasteiger partial charge in [0.1, 0.15) is 6.26 Å². The number of nitrogens with one attached hydrogen (secondary N) is 1. The predicted octanol–water partition coefficient (Wildman–Crippen LogP) is 2.90. The first-order chi connectivity index (χ1) is 11.6. The number of rotatable bonds is 2. The number of likely N-dealkylation sites (tertiary alicyclic amines) is 2. The van der Waals surface area contributed by atoms with Crippen LogP contribution < -0.4 is 5.32 Å². The number of oxazole rings is 1. The lowest BCUT2D eigenvalue weighted by molar-refractivity contribution is 0.212. The van der Waals surface area contributed by atoms with Crippen molar-refractivity contribution in [1.82, 2.24) is 14.8 Å². The third-order valence-electron chi connectivity index (χ3n) is 5.17. The van der Waals surface area contributed by atoms with E-state index in [1.165, 1.54) is 6.42 Å². The summed E-state index contributed by atoms with van der Waals surface area (Å²) in [6, 6.07) is 7.56. The van der Waals surface area contributed by atoms with E-state index >= 15 is 0 Å². The Bertz CT molecular complexity index is 713. The number of hydrogen-bond donors (Lipinski definition) is 1. The summed E-state index contributed by atoms with van der Waals surface area (Å²) in [4.78, 5) is 21.0. The molecule has 1 N–H and O–H groups in total. The first kappa shape index (κ1) is 15.2. The van der Waals surface area contributed by atoms with Gasteiger partial charge in [0.15, 0.2) is 0 Å². The van der Waals surface area contributed by atoms with Crippen LogP contribution in [0.2, 0.25) is 0 Å². The van der Waals surface area contributed by atoms with Gasteiger partial charge >= 0.3 is 6.03 Å². The first-order valence-electron chi connectivity index (χ1n) is 8.38. The third-order valence-corrected chi connectivity index (χ3v) is 5.17. The van der Waals surface area contributed by atoms with E-state index in [4.69, 9.17) is 4.42 Å². The summed E-state index contributed by atoms with van der Waals surface area (Å²) < 4.78 is 5.27. The second-order valence-corrected chi connectivity index (χ2v) is 7.00. The maximum atomic E-state index is 12.5. The lowest BCUT2D eigenvalue weighted by atomic mass is 9.86. The van der Waals surface area contributed by atoms with E-state index in [1.807, 2.05) is 29.2 Å². The molecule has 4 rings (SSSR count). The molecule has 1 spiro atoms. The number of carbonyl (C=O) groups excluding carboxylic acids is 1. The van der Waals surface area contributed by atoms with Gasteiger partial charge in [0.2, 0.25) is 5.89 Å². The summed E-state index contributed by atoms with van der Waals surface area (Å²) in [5.74, 6) is 0.583. The molecule has 1 aromatic carbocycles. The molecule has 1 aromatic heterocycles. The molecular formula is C18H22N4O2. The number of amides is 2. The van der Waals surface area contributed by atoms with Gasteiger partial charge in [-0.15, -0.1) is 0 Å². The van der Waals surface area contributed by atoms with Crippen LogP contribution in [-0.2, 0) is 0 Å². The van der Waals surface area contributed by atoms with Gasteiger partial charge in [0, 0.05) is 36.3 Å². The molecule has 0 aliphatic carbocycles. The first-order valence-corrected chi connectivity index (χ1v) is 8.38. The van der Waals surface area contributed by atoms with Gasteiger partial charge in [0.05, 0.1) is 6.20 Å². The van der Waals surface area contributed by atoms with Crippen molar-refractivity contribution in [1.29, 1.82) is 0 Å². The fraction of sp³-hybridized carbons (Fsp3) is 0.444. The van der Waals surface area contributed by atoms with Crippen LogP contribution in [0.1, 0.15) is 12.8 Å². The van der Waals surface area contributed by atoms with Crippen LogP contribution in [0.15, 0.2) is 41.1 Å². The Balaban J connectivity index is 1.38. The second-order valence-electron chi connectivity index (χ2n) is 7.00. The van der Waals surface area contributed by atoms with Crippen LogP contribution in [0.4, 0.5) is 10.5 Å². The van der Waals surface area contributed by atoms with E-state index in [0.29, 0.717) is 11.3 Å². The van der Waals surface area contributed by atoms with Crippen molar-refractivity contribution < 1.29 is 9.21 Å². The zero-order valence-corrected chi connectivity index (χ0v) is 13.9. The molecule has 2 saturated heterocycles. The average Bonchev–Trinajstić information content (AvgIpc) is 3.31. The Labute approximate surface area is 141 Å². The van der Waals surface area contributed by atoms with Crippen molar-refractivity contribution in [2.24, 2.45) is 5.41 Å². The van der Waals surface area contributed by atoms with E-state index in [-0.39, 0.29) is 6.03 Å². The number of urea groups is 1. The quantitative estimate of drug-likeness (QED) is 0.922. The molecular weight excluding hydrogens is 304 g/mol. The zero-order chi connectivity index (χ0) is 16.6. The molecule has 6 nitrogen and oxygen atoms in total. The second kappa shape index (κ2) is 5.94. The van der Waals surface area contributed by atoms with Crippen LogP contribution in [0.5, 0.6) is 0 Å². The van der Waals surface area contributed by atoms with Gasteiger partial charge < -0.3 is 19.5 Å². The van der Waals surface area contributed by atoms with Crippen molar-refractivity contribution in [3.05, 3.63) is 36.7 Å². The molecule has 126 valence electrons. The maximum Gasteiger partial charge on any atom is 0.321 e. The number of benzene rings is 1. The van der Waals surface area contributed by atoms with Crippen LogP contribution in [-0.4, -0.2) is 54.0 Å². The summed E-state index contributed by atoms with van der Waals surface area (Å²) >= 11 is 0. The highest BCUT2D eigenvalue weighted by Crippen LogP contribution is 2.39. The summed E-state index contributed by atoms with van der Waals surface area (Å²) in [7, 11) is 2.16. The summed E-state index contributed by atoms with van der Waals surface area (Å²) in [6.07, 6.45) is 5.47. The number of carbonyl (C=O) groups is 1. The predicted molar refractivity (Wildman–Crippen MR) is 91.7 cm³/mol. The normalized spacial score (nSPS) is 24.0. The summed E-state index contributed by atoms with van der Waals surface area (Å²) in [6.45, 7) is 3.94. The van der Waals surface area contributed by atoms with Gasteiger partial charge in [-0.05, 0) is 50.7 Å². The van der Waals surface area contributed by atoms with Crippen molar-refractivity contribution in [3.63, 3.8) is 0 Å². The molecule has 0 radical (unpaired) electrons. The largest absolute Gasteiger partial charge is 0.445 e. The lowest BCUT2D eigenvalue weighted by Gasteiger charge is -2.24. The molecule has 6 heteroatoms. The highest BCUT2D eigenvalue weighted by molar-refractivity contribution is 5.89. The van der Waals surface area contributed by atoms with Crippen molar-refractivity contribution >= 4 is 11.7 Å². The highest BCUT2D eigenvalue weighted by Gasteiger charge is 2.43. The fourth-order valence-corrected chi connectivity index (χ4v) is 3.86. The number of nitrogens with zero attached hydrogens (tertiary/aromatic N) is 3. The monoisotopic (exact) mass is 326 g/mol. The molecule has 2 aliphatic heterocycles. The lowest BCUT2D eigenvalue weighted by Crippen LogP contribution is -2.36. The van der Waals surface area contributed by atoms with E-state index in [1.54, 1.807) is 12.5 Å². The Hall–Kier alpha value is -2.34. The molecule has 1 atom stereocenters. The standard InChI is InChI=1S/C18H22N4O2/c1-21-9-6-18(12-21)7-10-22(13-18)17(23)20-15-4-2-14(3-5-15)16-19-8-11-24-16/h2-5,8,11H,6-7,9-10,12-13H2,1H3,(H,20,23). The number of hydrogen-bond acceptors (Lipinski definition) is 4. The van der Waals surface area contributed by atoms with Crippen LogP contribution in [0, 0.1) is 5.41 Å². The van der Waals surface area contributed by atoms with E-state index in [0.717, 1.165) is 43.9 Å². The van der Waals surface area contributed by atoms with Crippen LogP contribution in [0.3, 0.4) is 0 Å². The summed E-state index contributed by atoms with van der Waals surface area (Å²) in [5.41, 5.74) is 1.99. The van der Waals surface area contributed by atoms with Crippen molar-refractivity contribution in [2.75, 3.05) is 38.5 Å². The number of anilines is 1. The van der Waals surface area contributed by atoms with Gasteiger partial charge in [-0.1, -0.05) is 0 Å². The SMILES string of the molecule is CN1CCC2(CCN(C(=O)Nc3ccc(-c4ncco4)cc3)C2)C1. The van der Waals surface area contributed by atoms with Crippen molar-refractivity contribution in [3.8, 4) is 11.5 Å². The molecule has 3 heterocycles. The molecule has 0 bridgehead atoms. The maximum absolute atomic E-state index is 12.5. The van der Waals surface area contributed by atoms with E-state index < -0.39 is 0 Å². The molecule has 24 heavy (non-hydrogen) atoms. The molecule has 2 aromatic rings. The van der Waals surface area contributed by atoms with Gasteiger partial charge in [-0.2, -0.15) is 0 Å². The molecule has 2 fully saturated rings. The van der Waals surface area contributed by atoms with Crippen LogP contribution >= 0.6 is 0 Å². The topological polar surface area (TPSA) is 61.6 Å². The Morgan fingerprint density at radius 2 is 2.00 bits per heavy atom. The highest BCUT2D eigenvalue weighted by atomic mass is 16.3. The average molecular weight is 326 g/mol. The smallest absolute Gasteiger partial charge is 0.321 e. The Morgan fingerprint density at radius 3 is 2.67 bits per heavy atom. The molecule has 1 unspecified atom stereocenters. The minimum absolute atomic E-state index is 0.00898. The number of aromatic nitrogens is 1. The van der Waals surface area contributed by atoms with Crippen molar-refractivity contribution in [2.45, 2.75) is 12.8 Å². The van der Waals surface area contributed by atoms with Crippen LogP contribution in [0.25, 0.3) is 11.5 Å². The van der Waals surface area contributed by atoms with Gasteiger partial charge in [-0.3, -0.25) is 0 Å². The van der Waals surface area contributed by atoms with E-state index in [9.17, 15) is 4.79 Å². The van der Waals surface area contributed by atoms with E-state index in [2.05, 4.69) is 22.2 Å². The van der Waals surface area contributed by atoms with Gasteiger partial charge in [0.25, 0.3) is 0 Å².